The van der Waals surface area contributed by atoms with Gasteiger partial charge in [0.05, 0.1) is 6.26 Å². The summed E-state index contributed by atoms with van der Waals surface area (Å²) in [6.45, 7) is 2.08. The van der Waals surface area contributed by atoms with Gasteiger partial charge < -0.3 is 4.74 Å². The van der Waals surface area contributed by atoms with E-state index in [2.05, 4.69) is 4.72 Å². The highest BCUT2D eigenvalue weighted by Crippen LogP contribution is 2.10. The Kier molecular flexibility index (Phi) is 4.11. The van der Waals surface area contributed by atoms with Crippen LogP contribution < -0.4 is 9.46 Å². The number of nitrogens with one attached hydrogen (secondary N) is 1. The molecule has 0 aliphatic heterocycles. The van der Waals surface area contributed by atoms with E-state index >= 15 is 0 Å². The van der Waals surface area contributed by atoms with E-state index in [1.54, 1.807) is 0 Å². The maximum absolute atomic E-state index is 10.8. The molecule has 0 amide bonds. The van der Waals surface area contributed by atoms with Crippen LogP contribution in [0, 0.1) is 0 Å². The number of para-hydroxylation sites is 1. The molecule has 1 aromatic rings. The van der Waals surface area contributed by atoms with Gasteiger partial charge in [-0.25, -0.2) is 13.1 Å². The Labute approximate surface area is 90.3 Å². The van der Waals surface area contributed by atoms with Crippen LogP contribution in [0.5, 0.6) is 5.75 Å². The first-order valence-electron chi connectivity index (χ1n) is 4.64. The van der Waals surface area contributed by atoms with Crippen LogP contribution in [0.3, 0.4) is 0 Å². The van der Waals surface area contributed by atoms with Crippen molar-refractivity contribution in [2.75, 3.05) is 12.8 Å². The first-order valence-corrected chi connectivity index (χ1v) is 6.53. The van der Waals surface area contributed by atoms with E-state index in [4.69, 9.17) is 4.74 Å². The first kappa shape index (κ1) is 12.0. The molecule has 0 aliphatic carbocycles. The van der Waals surface area contributed by atoms with Gasteiger partial charge in [-0.3, -0.25) is 0 Å². The van der Waals surface area contributed by atoms with Crippen molar-refractivity contribution in [3.05, 3.63) is 30.3 Å². The summed E-state index contributed by atoms with van der Waals surface area (Å²) in [5, 5.41) is 0. The van der Waals surface area contributed by atoms with E-state index in [1.165, 1.54) is 0 Å². The van der Waals surface area contributed by atoms with Crippen LogP contribution in [0.4, 0.5) is 0 Å². The summed E-state index contributed by atoms with van der Waals surface area (Å²) in [6.07, 6.45) is 0.935. The van der Waals surface area contributed by atoms with Gasteiger partial charge in [0.25, 0.3) is 0 Å². The second-order valence-corrected chi connectivity index (χ2v) is 5.20. The molecule has 0 aliphatic rings. The number of ether oxygens (including phenoxy) is 1. The summed E-state index contributed by atoms with van der Waals surface area (Å²) in [6, 6.07) is 9.29. The molecule has 0 spiro atoms. The minimum absolute atomic E-state index is 0.192. The average molecular weight is 229 g/mol. The summed E-state index contributed by atoms with van der Waals surface area (Å²) >= 11 is 0. The zero-order chi connectivity index (χ0) is 11.3. The van der Waals surface area contributed by atoms with Crippen molar-refractivity contribution in [1.82, 2.24) is 4.72 Å². The fraction of sp³-hybridized carbons (Fsp3) is 0.400. The molecule has 1 atom stereocenters. The van der Waals surface area contributed by atoms with Crippen molar-refractivity contribution in [1.29, 1.82) is 0 Å². The Morgan fingerprint density at radius 3 is 2.47 bits per heavy atom. The van der Waals surface area contributed by atoms with Crippen LogP contribution in [-0.2, 0) is 10.0 Å². The zero-order valence-corrected chi connectivity index (χ0v) is 9.62. The van der Waals surface area contributed by atoms with Crippen LogP contribution in [0.2, 0.25) is 0 Å². The molecule has 0 radical (unpaired) electrons. The normalized spacial score (nSPS) is 13.5. The highest BCUT2D eigenvalue weighted by Gasteiger charge is 2.07. The molecule has 0 bridgehead atoms. The quantitative estimate of drug-likeness (QED) is 0.819. The zero-order valence-electron chi connectivity index (χ0n) is 8.80. The van der Waals surface area contributed by atoms with Gasteiger partial charge in [0.2, 0.25) is 10.0 Å². The molecule has 1 N–H and O–H groups in total. The molecule has 15 heavy (non-hydrogen) atoms. The molecule has 1 aromatic carbocycles. The minimum atomic E-state index is -3.14. The smallest absolute Gasteiger partial charge is 0.208 e. The Balaban J connectivity index is 2.40. The lowest BCUT2D eigenvalue weighted by Gasteiger charge is -2.14. The molecule has 1 rings (SSSR count). The number of benzene rings is 1. The van der Waals surface area contributed by atoms with Crippen molar-refractivity contribution in [2.24, 2.45) is 0 Å². The highest BCUT2D eigenvalue weighted by molar-refractivity contribution is 7.88. The number of sulfonamides is 1. The van der Waals surface area contributed by atoms with Crippen LogP contribution in [0.1, 0.15) is 6.92 Å². The Morgan fingerprint density at radius 1 is 1.33 bits per heavy atom. The van der Waals surface area contributed by atoms with Crippen molar-refractivity contribution in [3.63, 3.8) is 0 Å². The summed E-state index contributed by atoms with van der Waals surface area (Å²) in [5.41, 5.74) is 0. The van der Waals surface area contributed by atoms with Crippen LogP contribution in [0.15, 0.2) is 30.3 Å². The van der Waals surface area contributed by atoms with E-state index in [-0.39, 0.29) is 12.6 Å². The Morgan fingerprint density at radius 2 is 1.93 bits per heavy atom. The molecule has 0 saturated carbocycles. The topological polar surface area (TPSA) is 55.4 Å². The van der Waals surface area contributed by atoms with Crippen molar-refractivity contribution in [2.45, 2.75) is 13.0 Å². The SMILES string of the molecule is CC(CNS(C)(=O)=O)Oc1ccccc1. The number of rotatable bonds is 5. The summed E-state index contributed by atoms with van der Waals surface area (Å²) < 4.78 is 29.5. The largest absolute Gasteiger partial charge is 0.489 e. The summed E-state index contributed by atoms with van der Waals surface area (Å²) in [7, 11) is -3.14. The van der Waals surface area contributed by atoms with Gasteiger partial charge in [-0.1, -0.05) is 18.2 Å². The molecule has 0 saturated heterocycles. The second-order valence-electron chi connectivity index (χ2n) is 3.36. The molecular weight excluding hydrogens is 214 g/mol. The van der Waals surface area contributed by atoms with E-state index in [0.29, 0.717) is 0 Å². The first-order chi connectivity index (χ1) is 6.97. The van der Waals surface area contributed by atoms with Crippen LogP contribution in [0.25, 0.3) is 0 Å². The molecule has 84 valence electrons. The Hall–Kier alpha value is -1.07. The fourth-order valence-electron chi connectivity index (χ4n) is 1.04. The lowest BCUT2D eigenvalue weighted by Crippen LogP contribution is -2.32. The van der Waals surface area contributed by atoms with Gasteiger partial charge in [0, 0.05) is 6.54 Å². The lowest BCUT2D eigenvalue weighted by atomic mass is 10.3. The highest BCUT2D eigenvalue weighted by atomic mass is 32.2. The molecule has 0 aromatic heterocycles. The molecule has 0 heterocycles. The molecule has 1 unspecified atom stereocenters. The average Bonchev–Trinajstić information content (AvgIpc) is 2.15. The van der Waals surface area contributed by atoms with Crippen molar-refractivity contribution >= 4 is 10.0 Å². The monoisotopic (exact) mass is 229 g/mol. The van der Waals surface area contributed by atoms with E-state index < -0.39 is 10.0 Å². The molecule has 4 nitrogen and oxygen atoms in total. The van der Waals surface area contributed by atoms with E-state index in [0.717, 1.165) is 12.0 Å². The standard InChI is InChI=1S/C10H15NO3S/c1-9(8-11-15(2,12)13)14-10-6-4-3-5-7-10/h3-7,9,11H,8H2,1-2H3. The maximum Gasteiger partial charge on any atom is 0.208 e. The number of hydrogen-bond acceptors (Lipinski definition) is 3. The number of hydrogen-bond donors (Lipinski definition) is 1. The predicted octanol–water partition coefficient (Wildman–Crippen LogP) is 1.00. The lowest BCUT2D eigenvalue weighted by molar-refractivity contribution is 0.225. The maximum atomic E-state index is 10.8. The summed E-state index contributed by atoms with van der Waals surface area (Å²) in [5.74, 6) is 0.736. The van der Waals surface area contributed by atoms with Gasteiger partial charge in [-0.15, -0.1) is 0 Å². The van der Waals surface area contributed by atoms with Gasteiger partial charge in [0.15, 0.2) is 0 Å². The van der Waals surface area contributed by atoms with Crippen LogP contribution in [-0.4, -0.2) is 27.3 Å². The van der Waals surface area contributed by atoms with Gasteiger partial charge in [-0.2, -0.15) is 0 Å². The third-order valence-electron chi connectivity index (χ3n) is 1.71. The van der Waals surface area contributed by atoms with Gasteiger partial charge >= 0.3 is 0 Å². The summed E-state index contributed by atoms with van der Waals surface area (Å²) in [4.78, 5) is 0. The van der Waals surface area contributed by atoms with Crippen molar-refractivity contribution in [3.8, 4) is 5.75 Å². The van der Waals surface area contributed by atoms with Gasteiger partial charge in [0.1, 0.15) is 11.9 Å². The van der Waals surface area contributed by atoms with Gasteiger partial charge in [-0.05, 0) is 19.1 Å². The van der Waals surface area contributed by atoms with E-state index in [1.807, 2.05) is 37.3 Å². The molecule has 5 heteroatoms. The third-order valence-corrected chi connectivity index (χ3v) is 2.40. The minimum Gasteiger partial charge on any atom is -0.489 e. The van der Waals surface area contributed by atoms with Crippen molar-refractivity contribution < 1.29 is 13.2 Å². The Bertz CT molecular complexity index is 388. The fourth-order valence-corrected chi connectivity index (χ4v) is 1.58. The molecular formula is C10H15NO3S. The molecule has 0 fully saturated rings. The van der Waals surface area contributed by atoms with Crippen LogP contribution >= 0.6 is 0 Å². The van der Waals surface area contributed by atoms with E-state index in [9.17, 15) is 8.42 Å². The third kappa shape index (κ3) is 5.39. The second kappa shape index (κ2) is 5.14. The predicted molar refractivity (Wildman–Crippen MR) is 59.4 cm³/mol.